The molecule has 0 unspecified atom stereocenters. The number of hydrogen-bond donors (Lipinski definition) is 0. The lowest BCUT2D eigenvalue weighted by atomic mass is 10.1. The van der Waals surface area contributed by atoms with Crippen LogP contribution in [0.25, 0.3) is 84.2 Å². The second-order valence-electron chi connectivity index (χ2n) is 11.1. The van der Waals surface area contributed by atoms with Crippen LogP contribution in [0.5, 0.6) is 0 Å². The predicted molar refractivity (Wildman–Crippen MR) is 183 cm³/mol. The normalized spacial score (nSPS) is 11.5. The molecule has 6 aromatic carbocycles. The van der Waals surface area contributed by atoms with Gasteiger partial charge in [0.25, 0.3) is 0 Å². The average molecular weight is 592 g/mol. The molecule has 0 amide bonds. The topological polar surface area (TPSA) is 69.6 Å². The van der Waals surface area contributed by atoms with Crippen LogP contribution >= 0.6 is 0 Å². The van der Waals surface area contributed by atoms with E-state index in [9.17, 15) is 0 Å². The van der Waals surface area contributed by atoms with Crippen molar-refractivity contribution in [1.29, 1.82) is 0 Å². The monoisotopic (exact) mass is 591 g/mol. The minimum Gasteiger partial charge on any atom is -0.436 e. The molecule has 3 heterocycles. The van der Waals surface area contributed by atoms with Crippen molar-refractivity contribution < 1.29 is 4.42 Å². The molecule has 0 N–H and O–H groups in total. The Bertz CT molecular complexity index is 2440. The fourth-order valence-corrected chi connectivity index (χ4v) is 6.22. The molecule has 0 saturated heterocycles. The van der Waals surface area contributed by atoms with E-state index in [0.717, 1.165) is 60.8 Å². The summed E-state index contributed by atoms with van der Waals surface area (Å²) in [6, 6.07) is 51.0. The maximum Gasteiger partial charge on any atom is 0.229 e. The Morgan fingerprint density at radius 1 is 0.435 bits per heavy atom. The van der Waals surface area contributed by atoms with E-state index >= 15 is 0 Å². The largest absolute Gasteiger partial charge is 0.436 e. The molecule has 0 atom stereocenters. The summed E-state index contributed by atoms with van der Waals surface area (Å²) in [6.45, 7) is 0. The van der Waals surface area contributed by atoms with Crippen molar-refractivity contribution in [2.45, 2.75) is 0 Å². The van der Waals surface area contributed by atoms with Crippen LogP contribution in [0, 0.1) is 0 Å². The van der Waals surface area contributed by atoms with Crippen LogP contribution < -0.4 is 0 Å². The standard InChI is InChI=1S/C40H25N5O/c1-3-14-26(15-4-1)37-42-38(27-16-5-2-6-17-27)44-39(43-37)30-19-8-11-24-34(30)45-33-23-10-7-18-28(33)29-20-13-21-31(36(29)45)40-41-32-22-9-12-25-35(32)46-40/h1-25H. The third-order valence-electron chi connectivity index (χ3n) is 8.30. The number of benzene rings is 6. The summed E-state index contributed by atoms with van der Waals surface area (Å²) in [5.41, 5.74) is 8.24. The second-order valence-corrected chi connectivity index (χ2v) is 11.1. The molecule has 0 spiro atoms. The molecule has 0 aliphatic heterocycles. The van der Waals surface area contributed by atoms with E-state index in [4.69, 9.17) is 24.4 Å². The summed E-state index contributed by atoms with van der Waals surface area (Å²) in [6.07, 6.45) is 0. The Labute approximate surface area is 264 Å². The van der Waals surface area contributed by atoms with Crippen LogP contribution in [-0.4, -0.2) is 24.5 Å². The smallest absolute Gasteiger partial charge is 0.229 e. The number of fused-ring (bicyclic) bond motifs is 4. The molecule has 0 saturated carbocycles. The first-order chi connectivity index (χ1) is 22.8. The summed E-state index contributed by atoms with van der Waals surface area (Å²) in [4.78, 5) is 20.0. The molecule has 3 aromatic heterocycles. The Balaban J connectivity index is 1.34. The van der Waals surface area contributed by atoms with Gasteiger partial charge in [-0.1, -0.05) is 115 Å². The van der Waals surface area contributed by atoms with Crippen LogP contribution in [0.4, 0.5) is 0 Å². The molecule has 46 heavy (non-hydrogen) atoms. The SMILES string of the molecule is c1ccc(-c2nc(-c3ccccc3)nc(-c3ccccc3-n3c4ccccc4c4cccc(-c5nc6ccccc6o5)c43)n2)cc1. The van der Waals surface area contributed by atoms with Gasteiger partial charge in [-0.15, -0.1) is 0 Å². The summed E-state index contributed by atoms with van der Waals surface area (Å²) < 4.78 is 8.63. The Morgan fingerprint density at radius 3 is 1.78 bits per heavy atom. The van der Waals surface area contributed by atoms with Gasteiger partial charge in [0.2, 0.25) is 5.89 Å². The van der Waals surface area contributed by atoms with Gasteiger partial charge < -0.3 is 8.98 Å². The highest BCUT2D eigenvalue weighted by Gasteiger charge is 2.22. The van der Waals surface area contributed by atoms with Gasteiger partial charge in [-0.3, -0.25) is 0 Å². The van der Waals surface area contributed by atoms with E-state index in [1.807, 2.05) is 91.0 Å². The van der Waals surface area contributed by atoms with Gasteiger partial charge in [0, 0.05) is 27.5 Å². The molecular weight excluding hydrogens is 566 g/mol. The zero-order chi connectivity index (χ0) is 30.5. The zero-order valence-electron chi connectivity index (χ0n) is 24.6. The summed E-state index contributed by atoms with van der Waals surface area (Å²) in [5, 5.41) is 2.24. The minimum absolute atomic E-state index is 0.575. The molecule has 9 aromatic rings. The van der Waals surface area contributed by atoms with E-state index in [-0.39, 0.29) is 0 Å². The van der Waals surface area contributed by atoms with Gasteiger partial charge in [-0.05, 0) is 36.4 Å². The van der Waals surface area contributed by atoms with Gasteiger partial charge in [-0.25, -0.2) is 19.9 Å². The molecule has 6 heteroatoms. The van der Waals surface area contributed by atoms with Gasteiger partial charge in [0.15, 0.2) is 23.1 Å². The maximum atomic E-state index is 6.34. The minimum atomic E-state index is 0.575. The second kappa shape index (κ2) is 10.6. The fraction of sp³-hybridized carbons (Fsp3) is 0. The first-order valence-corrected chi connectivity index (χ1v) is 15.2. The van der Waals surface area contributed by atoms with Crippen molar-refractivity contribution in [1.82, 2.24) is 24.5 Å². The van der Waals surface area contributed by atoms with Crippen LogP contribution in [0.2, 0.25) is 0 Å². The number of oxazole rings is 1. The molecule has 0 fully saturated rings. The molecule has 216 valence electrons. The van der Waals surface area contributed by atoms with E-state index < -0.39 is 0 Å². The first kappa shape index (κ1) is 26.0. The highest BCUT2D eigenvalue weighted by molar-refractivity contribution is 6.13. The third kappa shape index (κ3) is 4.27. The highest BCUT2D eigenvalue weighted by atomic mass is 16.3. The van der Waals surface area contributed by atoms with Crippen LogP contribution in [0.15, 0.2) is 156 Å². The van der Waals surface area contributed by atoms with E-state index in [1.54, 1.807) is 0 Å². The molecule has 9 rings (SSSR count). The van der Waals surface area contributed by atoms with Crippen molar-refractivity contribution in [3.05, 3.63) is 152 Å². The van der Waals surface area contributed by atoms with Crippen molar-refractivity contribution in [2.75, 3.05) is 0 Å². The van der Waals surface area contributed by atoms with Gasteiger partial charge in [-0.2, -0.15) is 0 Å². The fourth-order valence-electron chi connectivity index (χ4n) is 6.22. The summed E-state index contributed by atoms with van der Waals surface area (Å²) in [5.74, 6) is 2.40. The maximum absolute atomic E-state index is 6.34. The molecule has 0 radical (unpaired) electrons. The van der Waals surface area contributed by atoms with E-state index in [1.165, 1.54) is 0 Å². The number of aromatic nitrogens is 5. The van der Waals surface area contributed by atoms with Crippen molar-refractivity contribution in [2.24, 2.45) is 0 Å². The number of nitrogens with zero attached hydrogens (tertiary/aromatic N) is 5. The molecular formula is C40H25N5O. The number of rotatable bonds is 5. The van der Waals surface area contributed by atoms with E-state index in [2.05, 4.69) is 65.2 Å². The lowest BCUT2D eigenvalue weighted by molar-refractivity contribution is 0.620. The lowest BCUT2D eigenvalue weighted by Crippen LogP contribution is -2.04. The summed E-state index contributed by atoms with van der Waals surface area (Å²) in [7, 11) is 0. The quantitative estimate of drug-likeness (QED) is 0.199. The average Bonchev–Trinajstić information content (AvgIpc) is 3.72. The van der Waals surface area contributed by atoms with Crippen molar-refractivity contribution >= 4 is 32.9 Å². The number of hydrogen-bond acceptors (Lipinski definition) is 5. The predicted octanol–water partition coefficient (Wildman–Crippen LogP) is 9.78. The third-order valence-corrected chi connectivity index (χ3v) is 8.30. The van der Waals surface area contributed by atoms with E-state index in [0.29, 0.717) is 23.4 Å². The van der Waals surface area contributed by atoms with Gasteiger partial charge in [0.1, 0.15) is 5.52 Å². The Hall–Kier alpha value is -6.40. The van der Waals surface area contributed by atoms with Gasteiger partial charge in [0.05, 0.1) is 22.3 Å². The van der Waals surface area contributed by atoms with Crippen molar-refractivity contribution in [3.8, 4) is 51.3 Å². The highest BCUT2D eigenvalue weighted by Crippen LogP contribution is 2.40. The molecule has 0 aliphatic carbocycles. The molecule has 0 bridgehead atoms. The van der Waals surface area contributed by atoms with Crippen molar-refractivity contribution in [3.63, 3.8) is 0 Å². The number of para-hydroxylation sites is 5. The van der Waals surface area contributed by atoms with Crippen LogP contribution in [0.1, 0.15) is 0 Å². The van der Waals surface area contributed by atoms with Crippen LogP contribution in [0.3, 0.4) is 0 Å². The Kier molecular flexibility index (Phi) is 6.03. The summed E-state index contributed by atoms with van der Waals surface area (Å²) >= 11 is 0. The first-order valence-electron chi connectivity index (χ1n) is 15.2. The Morgan fingerprint density at radius 2 is 1.02 bits per heavy atom. The lowest BCUT2D eigenvalue weighted by Gasteiger charge is -2.15. The van der Waals surface area contributed by atoms with Gasteiger partial charge >= 0.3 is 0 Å². The zero-order valence-corrected chi connectivity index (χ0v) is 24.6. The molecule has 0 aliphatic rings. The van der Waals surface area contributed by atoms with Crippen LogP contribution in [-0.2, 0) is 0 Å². The molecule has 6 nitrogen and oxygen atoms in total.